The van der Waals surface area contributed by atoms with Gasteiger partial charge in [0.25, 0.3) is 0 Å². The lowest BCUT2D eigenvalue weighted by molar-refractivity contribution is -0.129. The van der Waals surface area contributed by atoms with Crippen LogP contribution in [-0.4, -0.2) is 19.0 Å². The molecule has 0 fully saturated rings. The van der Waals surface area contributed by atoms with Crippen LogP contribution in [0.1, 0.15) is 16.7 Å². The minimum absolute atomic E-state index is 0.0598. The van der Waals surface area contributed by atoms with Gasteiger partial charge in [-0.25, -0.2) is 18.6 Å². The fourth-order valence-corrected chi connectivity index (χ4v) is 2.31. The standard InChI is InChI=1S/C18H13F2NO3/c1-10-7-11(3-6-16(10)23-2)8-15-18(22)24-17(21-15)12-4-5-13(19)14(20)9-12/h3-9H,1-2H3/b15-8+. The molecule has 24 heavy (non-hydrogen) atoms. The largest absolute Gasteiger partial charge is 0.496 e. The van der Waals surface area contributed by atoms with Crippen LogP contribution in [0.2, 0.25) is 0 Å². The zero-order valence-corrected chi connectivity index (χ0v) is 13.0. The summed E-state index contributed by atoms with van der Waals surface area (Å²) in [5, 5.41) is 0. The number of halogens is 2. The lowest BCUT2D eigenvalue weighted by Crippen LogP contribution is -2.06. The van der Waals surface area contributed by atoms with E-state index in [1.54, 1.807) is 25.3 Å². The van der Waals surface area contributed by atoms with E-state index in [1.165, 1.54) is 6.07 Å². The number of methoxy groups -OCH3 is 1. The van der Waals surface area contributed by atoms with Crippen LogP contribution < -0.4 is 4.74 Å². The van der Waals surface area contributed by atoms with Crippen molar-refractivity contribution in [2.24, 2.45) is 4.99 Å². The number of carbonyl (C=O) groups excluding carboxylic acids is 1. The smallest absolute Gasteiger partial charge is 0.363 e. The average Bonchev–Trinajstić information content (AvgIpc) is 2.91. The maximum Gasteiger partial charge on any atom is 0.363 e. The van der Waals surface area contributed by atoms with E-state index in [1.807, 2.05) is 13.0 Å². The van der Waals surface area contributed by atoms with Crippen LogP contribution >= 0.6 is 0 Å². The Morgan fingerprint density at radius 2 is 1.92 bits per heavy atom. The Bertz CT molecular complexity index is 888. The second kappa shape index (κ2) is 6.23. The first-order chi connectivity index (χ1) is 11.5. The van der Waals surface area contributed by atoms with Gasteiger partial charge in [0.15, 0.2) is 17.3 Å². The molecule has 2 aromatic rings. The molecular weight excluding hydrogens is 316 g/mol. The average molecular weight is 329 g/mol. The molecule has 0 amide bonds. The number of aryl methyl sites for hydroxylation is 1. The summed E-state index contributed by atoms with van der Waals surface area (Å²) in [4.78, 5) is 16.0. The Balaban J connectivity index is 1.93. The summed E-state index contributed by atoms with van der Waals surface area (Å²) >= 11 is 0. The molecule has 0 radical (unpaired) electrons. The van der Waals surface area contributed by atoms with Crippen LogP contribution in [0.4, 0.5) is 8.78 Å². The molecule has 0 aromatic heterocycles. The maximum atomic E-state index is 13.3. The summed E-state index contributed by atoms with van der Waals surface area (Å²) in [5.41, 5.74) is 1.93. The van der Waals surface area contributed by atoms with Gasteiger partial charge in [0, 0.05) is 5.56 Å². The lowest BCUT2D eigenvalue weighted by atomic mass is 10.1. The summed E-state index contributed by atoms with van der Waals surface area (Å²) in [5.74, 6) is -1.99. The number of aliphatic imine (C=N–C) groups is 1. The Morgan fingerprint density at radius 1 is 1.12 bits per heavy atom. The van der Waals surface area contributed by atoms with Gasteiger partial charge in [-0.3, -0.25) is 0 Å². The predicted octanol–water partition coefficient (Wildman–Crippen LogP) is 3.63. The molecule has 1 aliphatic rings. The van der Waals surface area contributed by atoms with Crippen molar-refractivity contribution in [2.75, 3.05) is 7.11 Å². The maximum absolute atomic E-state index is 13.3. The highest BCUT2D eigenvalue weighted by molar-refractivity contribution is 6.12. The van der Waals surface area contributed by atoms with Crippen LogP contribution in [0.3, 0.4) is 0 Å². The van der Waals surface area contributed by atoms with Gasteiger partial charge in [0.2, 0.25) is 5.90 Å². The fraction of sp³-hybridized carbons (Fsp3) is 0.111. The van der Waals surface area contributed by atoms with E-state index in [4.69, 9.17) is 9.47 Å². The predicted molar refractivity (Wildman–Crippen MR) is 84.7 cm³/mol. The van der Waals surface area contributed by atoms with Crippen molar-refractivity contribution in [1.29, 1.82) is 0 Å². The first-order valence-corrected chi connectivity index (χ1v) is 7.10. The molecule has 0 aliphatic carbocycles. The molecule has 3 rings (SSSR count). The molecule has 4 nitrogen and oxygen atoms in total. The van der Waals surface area contributed by atoms with Gasteiger partial charge in [0.1, 0.15) is 5.75 Å². The van der Waals surface area contributed by atoms with Crippen LogP contribution in [0.25, 0.3) is 6.08 Å². The molecular formula is C18H13F2NO3. The molecule has 6 heteroatoms. The molecule has 0 spiro atoms. The van der Waals surface area contributed by atoms with Crippen LogP contribution in [0.5, 0.6) is 5.75 Å². The van der Waals surface area contributed by atoms with E-state index in [-0.39, 0.29) is 17.2 Å². The van der Waals surface area contributed by atoms with Gasteiger partial charge in [-0.2, -0.15) is 0 Å². The summed E-state index contributed by atoms with van der Waals surface area (Å²) < 4.78 is 36.5. The highest BCUT2D eigenvalue weighted by Crippen LogP contribution is 2.23. The number of ether oxygens (including phenoxy) is 2. The minimum atomic E-state index is -1.03. The third kappa shape index (κ3) is 3.03. The molecule has 1 aliphatic heterocycles. The van der Waals surface area contributed by atoms with Crippen molar-refractivity contribution in [1.82, 2.24) is 0 Å². The number of nitrogens with zero attached hydrogens (tertiary/aromatic N) is 1. The van der Waals surface area contributed by atoms with Crippen LogP contribution in [-0.2, 0) is 9.53 Å². The number of hydrogen-bond acceptors (Lipinski definition) is 4. The highest BCUT2D eigenvalue weighted by atomic mass is 19.2. The summed E-state index contributed by atoms with van der Waals surface area (Å²) in [7, 11) is 1.58. The van der Waals surface area contributed by atoms with Gasteiger partial charge in [-0.1, -0.05) is 6.07 Å². The third-order valence-corrected chi connectivity index (χ3v) is 3.51. The summed E-state index contributed by atoms with van der Waals surface area (Å²) in [6, 6.07) is 8.58. The Kier molecular flexibility index (Phi) is 4.12. The molecule has 0 unspecified atom stereocenters. The van der Waals surface area contributed by atoms with Gasteiger partial charge in [-0.15, -0.1) is 0 Å². The number of esters is 1. The molecule has 0 N–H and O–H groups in total. The van der Waals surface area contributed by atoms with Crippen molar-refractivity contribution in [3.63, 3.8) is 0 Å². The number of cyclic esters (lactones) is 1. The number of benzene rings is 2. The molecule has 1 heterocycles. The van der Waals surface area contributed by atoms with Crippen molar-refractivity contribution in [2.45, 2.75) is 6.92 Å². The molecule has 2 aromatic carbocycles. The first-order valence-electron chi connectivity index (χ1n) is 7.10. The molecule has 122 valence electrons. The topological polar surface area (TPSA) is 47.9 Å². The van der Waals surface area contributed by atoms with Crippen LogP contribution in [0, 0.1) is 18.6 Å². The van der Waals surface area contributed by atoms with Crippen molar-refractivity contribution in [3.05, 3.63) is 70.4 Å². The number of rotatable bonds is 3. The third-order valence-electron chi connectivity index (χ3n) is 3.51. The Morgan fingerprint density at radius 3 is 2.58 bits per heavy atom. The van der Waals surface area contributed by atoms with Crippen LogP contribution in [0.15, 0.2) is 47.1 Å². The lowest BCUT2D eigenvalue weighted by Gasteiger charge is -2.04. The second-order valence-corrected chi connectivity index (χ2v) is 5.19. The van der Waals surface area contributed by atoms with Crippen molar-refractivity contribution < 1.29 is 23.0 Å². The summed E-state index contributed by atoms with van der Waals surface area (Å²) in [6.45, 7) is 1.88. The quantitative estimate of drug-likeness (QED) is 0.638. The fourth-order valence-electron chi connectivity index (χ4n) is 2.31. The minimum Gasteiger partial charge on any atom is -0.496 e. The molecule has 0 saturated carbocycles. The van der Waals surface area contributed by atoms with Gasteiger partial charge < -0.3 is 9.47 Å². The van der Waals surface area contributed by atoms with E-state index in [2.05, 4.69) is 4.99 Å². The van der Waals surface area contributed by atoms with Gasteiger partial charge in [0.05, 0.1) is 7.11 Å². The zero-order chi connectivity index (χ0) is 17.3. The Hall–Kier alpha value is -3.02. The van der Waals surface area contributed by atoms with E-state index in [0.717, 1.165) is 29.0 Å². The van der Waals surface area contributed by atoms with Crippen molar-refractivity contribution >= 4 is 17.9 Å². The summed E-state index contributed by atoms with van der Waals surface area (Å²) in [6.07, 6.45) is 1.56. The normalized spacial score (nSPS) is 15.4. The van der Waals surface area contributed by atoms with E-state index in [0.29, 0.717) is 0 Å². The molecule has 0 saturated heterocycles. The molecule has 0 atom stereocenters. The van der Waals surface area contributed by atoms with E-state index >= 15 is 0 Å². The number of carbonyl (C=O) groups is 1. The monoisotopic (exact) mass is 329 g/mol. The zero-order valence-electron chi connectivity index (χ0n) is 13.0. The SMILES string of the molecule is COc1ccc(/C=C2/N=C(c3ccc(F)c(F)c3)OC2=O)cc1C. The number of hydrogen-bond donors (Lipinski definition) is 0. The van der Waals surface area contributed by atoms with E-state index < -0.39 is 17.6 Å². The first kappa shape index (κ1) is 15.9. The van der Waals surface area contributed by atoms with Gasteiger partial charge in [-0.05, 0) is 54.5 Å². The van der Waals surface area contributed by atoms with Gasteiger partial charge >= 0.3 is 5.97 Å². The highest BCUT2D eigenvalue weighted by Gasteiger charge is 2.24. The van der Waals surface area contributed by atoms with Crippen molar-refractivity contribution in [3.8, 4) is 5.75 Å². The molecule has 0 bridgehead atoms. The second-order valence-electron chi connectivity index (χ2n) is 5.19. The Labute approximate surface area is 137 Å². The van der Waals surface area contributed by atoms with E-state index in [9.17, 15) is 13.6 Å².